The molecule has 3 N–H and O–H groups in total. The molecule has 1 aromatic carbocycles. The van der Waals surface area contributed by atoms with E-state index in [1.165, 1.54) is 30.4 Å². The van der Waals surface area contributed by atoms with Crippen molar-refractivity contribution in [1.82, 2.24) is 0 Å². The number of ether oxygens (including phenoxy) is 2. The summed E-state index contributed by atoms with van der Waals surface area (Å²) < 4.78 is 10.9. The van der Waals surface area contributed by atoms with Gasteiger partial charge in [0.05, 0.1) is 12.7 Å². The minimum atomic E-state index is 0.116. The average Bonchev–Trinajstić information content (AvgIpc) is 3.01. The number of methoxy groups -OCH3 is 1. The molecule has 3 rings (SSSR count). The molecular weight excluding hydrogens is 278 g/mol. The van der Waals surface area contributed by atoms with Crippen LogP contribution in [0, 0.1) is 5.92 Å². The number of hydrogen-bond donors (Lipinski definition) is 2. The lowest BCUT2D eigenvalue weighted by Crippen LogP contribution is -2.36. The van der Waals surface area contributed by atoms with Gasteiger partial charge in [0, 0.05) is 31.9 Å². The van der Waals surface area contributed by atoms with Crippen molar-refractivity contribution in [1.29, 1.82) is 0 Å². The van der Waals surface area contributed by atoms with Gasteiger partial charge in [-0.05, 0) is 48.9 Å². The predicted molar refractivity (Wildman–Crippen MR) is 88.3 cm³/mol. The van der Waals surface area contributed by atoms with Crippen LogP contribution < -0.4 is 11.1 Å². The molecule has 120 valence electrons. The number of nitrogens with zero attached hydrogens (tertiary/aromatic N) is 1. The molecule has 0 radical (unpaired) electrons. The summed E-state index contributed by atoms with van der Waals surface area (Å²) in [4.78, 5) is 4.48. The van der Waals surface area contributed by atoms with Gasteiger partial charge in [-0.2, -0.15) is 0 Å². The van der Waals surface area contributed by atoms with E-state index in [1.54, 1.807) is 7.11 Å². The summed E-state index contributed by atoms with van der Waals surface area (Å²) in [7, 11) is 1.72. The monoisotopic (exact) mass is 303 g/mol. The number of fused-ring (bicyclic) bond motifs is 1. The Morgan fingerprint density at radius 1 is 1.41 bits per heavy atom. The number of anilines is 1. The van der Waals surface area contributed by atoms with Crippen LogP contribution in [0.15, 0.2) is 23.2 Å². The van der Waals surface area contributed by atoms with Crippen molar-refractivity contribution >= 4 is 11.6 Å². The largest absolute Gasteiger partial charge is 0.379 e. The summed E-state index contributed by atoms with van der Waals surface area (Å²) in [6, 6.07) is 6.47. The zero-order valence-corrected chi connectivity index (χ0v) is 13.2. The summed E-state index contributed by atoms with van der Waals surface area (Å²) >= 11 is 0. The Morgan fingerprint density at radius 3 is 3.14 bits per heavy atom. The van der Waals surface area contributed by atoms with E-state index in [2.05, 4.69) is 28.5 Å². The maximum absolute atomic E-state index is 6.02. The maximum Gasteiger partial charge on any atom is 0.193 e. The summed E-state index contributed by atoms with van der Waals surface area (Å²) in [5, 5.41) is 3.20. The molecule has 2 atom stereocenters. The molecule has 1 aliphatic carbocycles. The highest BCUT2D eigenvalue weighted by Gasteiger charge is 2.25. The molecule has 0 bridgehead atoms. The van der Waals surface area contributed by atoms with Crippen LogP contribution in [0.4, 0.5) is 5.69 Å². The Labute approximate surface area is 131 Å². The highest BCUT2D eigenvalue weighted by Crippen LogP contribution is 2.24. The highest BCUT2D eigenvalue weighted by atomic mass is 16.5. The minimum Gasteiger partial charge on any atom is -0.379 e. The second kappa shape index (κ2) is 7.11. The van der Waals surface area contributed by atoms with Crippen LogP contribution in [0.5, 0.6) is 0 Å². The SMILES string of the molecule is COC1COCCC1CN=C(N)Nc1ccc2c(c1)CCC2. The molecule has 1 aliphatic heterocycles. The molecule has 1 saturated heterocycles. The highest BCUT2D eigenvalue weighted by molar-refractivity contribution is 5.92. The number of rotatable bonds is 4. The Bertz CT molecular complexity index is 545. The molecule has 1 fully saturated rings. The van der Waals surface area contributed by atoms with Crippen molar-refractivity contribution in [2.75, 3.05) is 32.2 Å². The Morgan fingerprint density at radius 2 is 2.27 bits per heavy atom. The second-order valence-corrected chi connectivity index (χ2v) is 6.09. The molecule has 2 unspecified atom stereocenters. The van der Waals surface area contributed by atoms with Gasteiger partial charge in [0.1, 0.15) is 0 Å². The van der Waals surface area contributed by atoms with Crippen molar-refractivity contribution < 1.29 is 9.47 Å². The maximum atomic E-state index is 6.02. The van der Waals surface area contributed by atoms with E-state index in [-0.39, 0.29) is 6.10 Å². The summed E-state index contributed by atoms with van der Waals surface area (Å²) in [6.45, 7) is 2.10. The third-order valence-electron chi connectivity index (χ3n) is 4.61. The van der Waals surface area contributed by atoms with E-state index in [0.29, 0.717) is 25.0 Å². The lowest BCUT2D eigenvalue weighted by molar-refractivity contribution is -0.0624. The lowest BCUT2D eigenvalue weighted by Gasteiger charge is -2.29. The van der Waals surface area contributed by atoms with Gasteiger partial charge in [-0.3, -0.25) is 4.99 Å². The van der Waals surface area contributed by atoms with E-state index >= 15 is 0 Å². The van der Waals surface area contributed by atoms with Gasteiger partial charge < -0.3 is 20.5 Å². The zero-order chi connectivity index (χ0) is 15.4. The third-order valence-corrected chi connectivity index (χ3v) is 4.61. The van der Waals surface area contributed by atoms with Crippen molar-refractivity contribution in [2.24, 2.45) is 16.6 Å². The van der Waals surface area contributed by atoms with Gasteiger partial charge in [-0.1, -0.05) is 6.07 Å². The fourth-order valence-electron chi connectivity index (χ4n) is 3.28. The number of guanidine groups is 1. The van der Waals surface area contributed by atoms with Gasteiger partial charge in [-0.25, -0.2) is 0 Å². The first-order valence-electron chi connectivity index (χ1n) is 8.05. The van der Waals surface area contributed by atoms with Crippen LogP contribution in [0.2, 0.25) is 0 Å². The van der Waals surface area contributed by atoms with Crippen LogP contribution >= 0.6 is 0 Å². The second-order valence-electron chi connectivity index (χ2n) is 6.09. The first-order chi connectivity index (χ1) is 10.8. The normalized spacial score (nSPS) is 25.0. The molecule has 22 heavy (non-hydrogen) atoms. The van der Waals surface area contributed by atoms with Crippen LogP contribution in [0.1, 0.15) is 24.0 Å². The van der Waals surface area contributed by atoms with Crippen LogP contribution in [-0.4, -0.2) is 38.9 Å². The number of nitrogens with two attached hydrogens (primary N) is 1. The first-order valence-corrected chi connectivity index (χ1v) is 8.05. The number of benzene rings is 1. The van der Waals surface area contributed by atoms with Crippen molar-refractivity contribution in [3.8, 4) is 0 Å². The molecule has 0 saturated carbocycles. The molecule has 1 heterocycles. The van der Waals surface area contributed by atoms with E-state index in [1.807, 2.05) is 0 Å². The fourth-order valence-corrected chi connectivity index (χ4v) is 3.28. The van der Waals surface area contributed by atoms with Crippen molar-refractivity contribution in [3.63, 3.8) is 0 Å². The molecule has 0 aromatic heterocycles. The van der Waals surface area contributed by atoms with E-state index in [0.717, 1.165) is 18.7 Å². The number of aliphatic imine (C=N–C) groups is 1. The molecule has 1 aromatic rings. The molecule has 5 heteroatoms. The molecular formula is C17H25N3O2. The van der Waals surface area contributed by atoms with Crippen LogP contribution in [0.3, 0.4) is 0 Å². The van der Waals surface area contributed by atoms with Crippen molar-refractivity contribution in [2.45, 2.75) is 31.8 Å². The predicted octanol–water partition coefficient (Wildman–Crippen LogP) is 1.95. The minimum absolute atomic E-state index is 0.116. The number of hydrogen-bond acceptors (Lipinski definition) is 3. The van der Waals surface area contributed by atoms with Crippen molar-refractivity contribution in [3.05, 3.63) is 29.3 Å². The van der Waals surface area contributed by atoms with Gasteiger partial charge in [0.2, 0.25) is 0 Å². The Kier molecular flexibility index (Phi) is 4.95. The molecule has 0 amide bonds. The molecule has 5 nitrogen and oxygen atoms in total. The Hall–Kier alpha value is -1.59. The lowest BCUT2D eigenvalue weighted by atomic mass is 9.97. The van der Waals surface area contributed by atoms with Gasteiger partial charge >= 0.3 is 0 Å². The zero-order valence-electron chi connectivity index (χ0n) is 13.2. The van der Waals surface area contributed by atoms with Gasteiger partial charge in [0.15, 0.2) is 5.96 Å². The van der Waals surface area contributed by atoms with Gasteiger partial charge in [-0.15, -0.1) is 0 Å². The van der Waals surface area contributed by atoms with E-state index < -0.39 is 0 Å². The van der Waals surface area contributed by atoms with Crippen LogP contribution in [-0.2, 0) is 22.3 Å². The average molecular weight is 303 g/mol. The van der Waals surface area contributed by atoms with Gasteiger partial charge in [0.25, 0.3) is 0 Å². The number of aryl methyl sites for hydroxylation is 2. The smallest absolute Gasteiger partial charge is 0.193 e. The topological polar surface area (TPSA) is 68.9 Å². The fraction of sp³-hybridized carbons (Fsp3) is 0.588. The first kappa shape index (κ1) is 15.3. The standard InChI is InChI=1S/C17H25N3O2/c1-21-16-11-22-8-7-14(16)10-19-17(18)20-15-6-5-12-3-2-4-13(12)9-15/h5-6,9,14,16H,2-4,7-8,10-11H2,1H3,(H3,18,19,20). The molecule has 0 spiro atoms. The third kappa shape index (κ3) is 3.59. The van der Waals surface area contributed by atoms with E-state index in [4.69, 9.17) is 15.2 Å². The summed E-state index contributed by atoms with van der Waals surface area (Å²) in [5.74, 6) is 0.846. The summed E-state index contributed by atoms with van der Waals surface area (Å²) in [6.07, 6.45) is 4.70. The molecule has 2 aliphatic rings. The number of nitrogens with one attached hydrogen (secondary N) is 1. The van der Waals surface area contributed by atoms with Crippen LogP contribution in [0.25, 0.3) is 0 Å². The summed E-state index contributed by atoms with van der Waals surface area (Å²) in [5.41, 5.74) is 9.94. The van der Waals surface area contributed by atoms with E-state index in [9.17, 15) is 0 Å². The Balaban J connectivity index is 1.57. The quantitative estimate of drug-likeness (QED) is 0.659.